The summed E-state index contributed by atoms with van der Waals surface area (Å²) in [6.07, 6.45) is 2.02. The molecule has 0 saturated carbocycles. The minimum Gasteiger partial charge on any atom is -0.507 e. The molecule has 0 spiro atoms. The van der Waals surface area contributed by atoms with E-state index in [-0.39, 0.29) is 16.8 Å². The van der Waals surface area contributed by atoms with Crippen LogP contribution in [0.3, 0.4) is 0 Å². The van der Waals surface area contributed by atoms with Crippen LogP contribution in [0.15, 0.2) is 65.6 Å². The molecule has 1 aromatic heterocycles. The number of hydrogen-bond donors (Lipinski definition) is 3. The Labute approximate surface area is 202 Å². The Hall–Kier alpha value is -2.50. The molecule has 1 aliphatic heterocycles. The number of para-hydroxylation sites is 1. The van der Waals surface area contributed by atoms with Crippen LogP contribution in [-0.4, -0.2) is 33.0 Å². The minimum atomic E-state index is 0.0460. The van der Waals surface area contributed by atoms with Gasteiger partial charge in [-0.3, -0.25) is 0 Å². The van der Waals surface area contributed by atoms with Crippen LogP contribution in [0, 0.1) is 0 Å². The van der Waals surface area contributed by atoms with Gasteiger partial charge in [0, 0.05) is 27.6 Å². The number of nitrogens with one attached hydrogen (secondary N) is 2. The van der Waals surface area contributed by atoms with Crippen molar-refractivity contribution in [1.82, 2.24) is 10.3 Å². The predicted octanol–water partition coefficient (Wildman–Crippen LogP) is 6.95. The summed E-state index contributed by atoms with van der Waals surface area (Å²) in [4.78, 5) is 6.20. The van der Waals surface area contributed by atoms with Gasteiger partial charge < -0.3 is 15.7 Å². The normalized spacial score (nSPS) is 17.6. The van der Waals surface area contributed by atoms with Gasteiger partial charge in [0.15, 0.2) is 0 Å². The number of benzene rings is 2. The van der Waals surface area contributed by atoms with Crippen molar-refractivity contribution in [3.05, 3.63) is 60.7 Å². The van der Waals surface area contributed by atoms with Crippen molar-refractivity contribution in [2.24, 2.45) is 0 Å². The molecule has 3 aromatic rings. The van der Waals surface area contributed by atoms with Crippen LogP contribution in [0.2, 0.25) is 0 Å². The van der Waals surface area contributed by atoms with Gasteiger partial charge in [0.25, 0.3) is 0 Å². The van der Waals surface area contributed by atoms with Crippen molar-refractivity contribution >= 4 is 17.6 Å². The highest BCUT2D eigenvalue weighted by atomic mass is 32.2. The van der Waals surface area contributed by atoms with Gasteiger partial charge in [-0.25, -0.2) is 4.98 Å². The smallest absolute Gasteiger partial charge is 0.127 e. The number of pyridine rings is 1. The molecule has 0 radical (unpaired) electrons. The number of thioether (sulfide) groups is 1. The molecular formula is C28H35N3OS. The van der Waals surface area contributed by atoms with E-state index >= 15 is 0 Å². The van der Waals surface area contributed by atoms with E-state index in [4.69, 9.17) is 4.98 Å². The fourth-order valence-corrected chi connectivity index (χ4v) is 5.81. The first-order chi connectivity index (χ1) is 15.6. The lowest BCUT2D eigenvalue weighted by molar-refractivity contribution is 0.170. The van der Waals surface area contributed by atoms with Gasteiger partial charge >= 0.3 is 0 Å². The van der Waals surface area contributed by atoms with Gasteiger partial charge in [-0.15, -0.1) is 11.8 Å². The molecule has 5 heteroatoms. The second kappa shape index (κ2) is 9.40. The minimum absolute atomic E-state index is 0.0460. The lowest BCUT2D eigenvalue weighted by Crippen LogP contribution is -2.60. The van der Waals surface area contributed by atoms with Gasteiger partial charge in [-0.2, -0.15) is 0 Å². The highest BCUT2D eigenvalue weighted by Gasteiger charge is 2.37. The van der Waals surface area contributed by atoms with Gasteiger partial charge in [-0.1, -0.05) is 31.2 Å². The molecule has 3 N–H and O–H groups in total. The van der Waals surface area contributed by atoms with Crippen molar-refractivity contribution in [3.8, 4) is 28.1 Å². The van der Waals surface area contributed by atoms with Crippen LogP contribution >= 0.6 is 11.8 Å². The van der Waals surface area contributed by atoms with E-state index in [0.29, 0.717) is 6.04 Å². The Morgan fingerprint density at radius 3 is 2.27 bits per heavy atom. The van der Waals surface area contributed by atoms with Crippen molar-refractivity contribution < 1.29 is 5.11 Å². The van der Waals surface area contributed by atoms with Crippen LogP contribution in [0.25, 0.3) is 22.4 Å². The molecule has 0 amide bonds. The number of phenolic OH excluding ortho intramolecular Hbond substituents is 1. The van der Waals surface area contributed by atoms with Gasteiger partial charge in [-0.05, 0) is 93.8 Å². The Morgan fingerprint density at radius 1 is 0.970 bits per heavy atom. The lowest BCUT2D eigenvalue weighted by Gasteiger charge is -2.46. The zero-order chi connectivity index (χ0) is 23.6. The molecule has 0 atom stereocenters. The van der Waals surface area contributed by atoms with E-state index < -0.39 is 0 Å². The molecule has 0 aliphatic carbocycles. The number of hydrogen-bond acceptors (Lipinski definition) is 5. The average molecular weight is 462 g/mol. The summed E-state index contributed by atoms with van der Waals surface area (Å²) in [6.45, 7) is 11.2. The average Bonchev–Trinajstić information content (AvgIpc) is 2.72. The molecule has 174 valence electrons. The predicted molar refractivity (Wildman–Crippen MR) is 141 cm³/mol. The summed E-state index contributed by atoms with van der Waals surface area (Å²) in [7, 11) is 0. The third kappa shape index (κ3) is 5.90. The second-order valence-corrected chi connectivity index (χ2v) is 11.6. The maximum Gasteiger partial charge on any atom is 0.127 e. The monoisotopic (exact) mass is 461 g/mol. The van der Waals surface area contributed by atoms with E-state index in [0.717, 1.165) is 46.8 Å². The zero-order valence-corrected chi connectivity index (χ0v) is 21.1. The van der Waals surface area contributed by atoms with Gasteiger partial charge in [0.05, 0.1) is 5.69 Å². The van der Waals surface area contributed by atoms with Crippen molar-refractivity contribution in [3.63, 3.8) is 0 Å². The fourth-order valence-electron chi connectivity index (χ4n) is 5.14. The van der Waals surface area contributed by atoms with Crippen LogP contribution in [0.5, 0.6) is 5.75 Å². The number of nitrogens with zero attached hydrogens (tertiary/aromatic N) is 1. The maximum atomic E-state index is 10.5. The number of aromatic hydroxyl groups is 1. The van der Waals surface area contributed by atoms with E-state index in [2.05, 4.69) is 81.7 Å². The Bertz CT molecular complexity index is 1090. The number of anilines is 1. The third-order valence-electron chi connectivity index (χ3n) is 6.05. The molecule has 4 rings (SSSR count). The summed E-state index contributed by atoms with van der Waals surface area (Å²) in [5.74, 6) is 2.14. The van der Waals surface area contributed by atoms with E-state index in [1.165, 1.54) is 4.90 Å². The summed E-state index contributed by atoms with van der Waals surface area (Å²) >= 11 is 1.84. The van der Waals surface area contributed by atoms with Crippen molar-refractivity contribution in [1.29, 1.82) is 0 Å². The first-order valence-electron chi connectivity index (χ1n) is 11.7. The molecule has 1 saturated heterocycles. The molecule has 2 aromatic carbocycles. The van der Waals surface area contributed by atoms with Crippen molar-refractivity contribution in [2.45, 2.75) is 69.5 Å². The van der Waals surface area contributed by atoms with Crippen LogP contribution < -0.4 is 10.6 Å². The Balaban J connectivity index is 1.72. The first-order valence-corrected chi connectivity index (χ1v) is 12.7. The zero-order valence-electron chi connectivity index (χ0n) is 20.3. The van der Waals surface area contributed by atoms with Crippen LogP contribution in [0.1, 0.15) is 47.5 Å². The SMILES string of the molecule is CCSc1ccc(-c2cc(NC3CC(C)(C)NC(C)(C)C3)nc(-c3ccccc3O)c2)cc1. The molecular weight excluding hydrogens is 426 g/mol. The number of phenols is 1. The molecule has 4 nitrogen and oxygen atoms in total. The molecule has 1 aliphatic rings. The topological polar surface area (TPSA) is 57.2 Å². The Kier molecular flexibility index (Phi) is 6.73. The highest BCUT2D eigenvalue weighted by molar-refractivity contribution is 7.99. The molecule has 33 heavy (non-hydrogen) atoms. The maximum absolute atomic E-state index is 10.5. The first kappa shape index (κ1) is 23.7. The third-order valence-corrected chi connectivity index (χ3v) is 6.94. The molecule has 0 bridgehead atoms. The summed E-state index contributed by atoms with van der Waals surface area (Å²) in [6, 6.07) is 20.6. The molecule has 2 heterocycles. The van der Waals surface area contributed by atoms with E-state index in [9.17, 15) is 5.11 Å². The summed E-state index contributed by atoms with van der Waals surface area (Å²) < 4.78 is 0. The largest absolute Gasteiger partial charge is 0.507 e. The number of aromatic nitrogens is 1. The van der Waals surface area contributed by atoms with Crippen LogP contribution in [-0.2, 0) is 0 Å². The number of rotatable bonds is 6. The van der Waals surface area contributed by atoms with E-state index in [1.54, 1.807) is 6.07 Å². The summed E-state index contributed by atoms with van der Waals surface area (Å²) in [5, 5.41) is 18.0. The van der Waals surface area contributed by atoms with Crippen molar-refractivity contribution in [2.75, 3.05) is 11.1 Å². The Morgan fingerprint density at radius 2 is 1.64 bits per heavy atom. The molecule has 0 unspecified atom stereocenters. The number of piperidine rings is 1. The molecule has 1 fully saturated rings. The van der Waals surface area contributed by atoms with Gasteiger partial charge in [0.2, 0.25) is 0 Å². The summed E-state index contributed by atoms with van der Waals surface area (Å²) in [5.41, 5.74) is 3.84. The fraction of sp³-hybridized carbons (Fsp3) is 0.393. The highest BCUT2D eigenvalue weighted by Crippen LogP contribution is 2.35. The van der Waals surface area contributed by atoms with Crippen LogP contribution in [0.4, 0.5) is 5.82 Å². The quantitative estimate of drug-likeness (QED) is 0.347. The van der Waals surface area contributed by atoms with Gasteiger partial charge in [0.1, 0.15) is 11.6 Å². The lowest BCUT2D eigenvalue weighted by atomic mass is 9.79. The van der Waals surface area contributed by atoms with E-state index in [1.807, 2.05) is 30.0 Å². The standard InChI is InChI=1S/C28H35N3OS/c1-6-33-22-13-11-19(12-14-22)20-15-24(23-9-7-8-10-25(23)32)30-26(16-20)29-21-17-27(2,3)31-28(4,5)18-21/h7-16,21,31-32H,6,17-18H2,1-5H3,(H,29,30). The second-order valence-electron chi connectivity index (χ2n) is 10.2.